The minimum absolute atomic E-state index is 0.172. The van der Waals surface area contributed by atoms with Gasteiger partial charge in [-0.3, -0.25) is 4.79 Å². The van der Waals surface area contributed by atoms with Gasteiger partial charge in [-0.15, -0.1) is 0 Å². The first-order valence-electron chi connectivity index (χ1n) is 5.04. The Morgan fingerprint density at radius 2 is 2.21 bits per heavy atom. The number of carbonyl (C=O) groups excluding carboxylic acids is 1. The van der Waals surface area contributed by atoms with E-state index in [0.29, 0.717) is 19.6 Å². The topological polar surface area (TPSA) is 38.8 Å². The first-order valence-corrected chi connectivity index (χ1v) is 5.04. The Labute approximate surface area is 85.2 Å². The molecule has 4 nitrogen and oxygen atoms in total. The molecule has 0 aromatic carbocycles. The molecule has 0 aromatic heterocycles. The summed E-state index contributed by atoms with van der Waals surface area (Å²) in [6.07, 6.45) is 1.61. The maximum Gasteiger partial charge on any atom is 0.222 e. The van der Waals surface area contributed by atoms with Gasteiger partial charge in [-0.25, -0.2) is 0 Å². The van der Waals surface area contributed by atoms with Crippen molar-refractivity contribution >= 4 is 5.91 Å². The van der Waals surface area contributed by atoms with E-state index in [4.69, 9.17) is 9.47 Å². The molecule has 0 saturated carbocycles. The van der Waals surface area contributed by atoms with Gasteiger partial charge in [0.1, 0.15) is 0 Å². The molecule has 0 aliphatic carbocycles. The number of nitrogens with zero attached hydrogens (tertiary/aromatic N) is 1. The number of ether oxygens (including phenoxy) is 2. The van der Waals surface area contributed by atoms with E-state index in [-0.39, 0.29) is 18.1 Å². The second-order valence-corrected chi connectivity index (χ2v) is 3.60. The third-order valence-corrected chi connectivity index (χ3v) is 2.69. The minimum Gasteiger partial charge on any atom is -0.383 e. The van der Waals surface area contributed by atoms with Gasteiger partial charge in [-0.05, 0) is 6.42 Å². The molecule has 4 heteroatoms. The van der Waals surface area contributed by atoms with Gasteiger partial charge >= 0.3 is 0 Å². The van der Waals surface area contributed by atoms with Crippen LogP contribution in [0, 0.1) is 0 Å². The predicted octanol–water partition coefficient (Wildman–Crippen LogP) is 0.659. The van der Waals surface area contributed by atoms with Crippen LogP contribution in [0.2, 0.25) is 0 Å². The van der Waals surface area contributed by atoms with Crippen LogP contribution in [0.5, 0.6) is 0 Å². The van der Waals surface area contributed by atoms with E-state index < -0.39 is 0 Å². The van der Waals surface area contributed by atoms with Crippen molar-refractivity contribution in [3.8, 4) is 0 Å². The van der Waals surface area contributed by atoms with E-state index in [1.165, 1.54) is 0 Å². The third kappa shape index (κ3) is 2.45. The number of hydrogen-bond acceptors (Lipinski definition) is 3. The lowest BCUT2D eigenvalue weighted by molar-refractivity contribution is -0.132. The lowest BCUT2D eigenvalue weighted by Crippen LogP contribution is -2.37. The van der Waals surface area contributed by atoms with Crippen molar-refractivity contribution in [1.29, 1.82) is 0 Å². The van der Waals surface area contributed by atoms with Crippen LogP contribution in [0.4, 0.5) is 0 Å². The van der Waals surface area contributed by atoms with Crippen molar-refractivity contribution in [1.82, 2.24) is 4.90 Å². The first-order chi connectivity index (χ1) is 6.72. The molecule has 1 saturated heterocycles. The van der Waals surface area contributed by atoms with Crippen LogP contribution in [-0.2, 0) is 14.3 Å². The molecule has 0 aromatic rings. The molecule has 1 aliphatic rings. The van der Waals surface area contributed by atoms with Gasteiger partial charge < -0.3 is 14.4 Å². The summed E-state index contributed by atoms with van der Waals surface area (Å²) in [5.41, 5.74) is 0. The zero-order valence-corrected chi connectivity index (χ0v) is 9.16. The number of methoxy groups -OCH3 is 2. The largest absolute Gasteiger partial charge is 0.383 e. The maximum atomic E-state index is 11.6. The Hall–Kier alpha value is -0.610. The van der Waals surface area contributed by atoms with E-state index in [9.17, 15) is 4.79 Å². The van der Waals surface area contributed by atoms with Gasteiger partial charge in [-0.2, -0.15) is 0 Å². The van der Waals surface area contributed by atoms with E-state index in [0.717, 1.165) is 6.42 Å². The lowest BCUT2D eigenvalue weighted by atomic mass is 10.2. The molecule has 1 heterocycles. The third-order valence-electron chi connectivity index (χ3n) is 2.69. The van der Waals surface area contributed by atoms with Crippen LogP contribution in [-0.4, -0.2) is 50.3 Å². The molecule has 0 spiro atoms. The van der Waals surface area contributed by atoms with Crippen molar-refractivity contribution in [2.45, 2.75) is 31.9 Å². The standard InChI is InChI=1S/C10H19NO3/c1-4-10(12)11-6-9(14-3)5-8(11)7-13-2/h8-9H,4-7H2,1-3H3/t8-,9+/m0/s1. The van der Waals surface area contributed by atoms with E-state index in [2.05, 4.69) is 0 Å². The van der Waals surface area contributed by atoms with Crippen molar-refractivity contribution in [3.05, 3.63) is 0 Å². The molecule has 82 valence electrons. The summed E-state index contributed by atoms with van der Waals surface area (Å²) < 4.78 is 10.4. The molecule has 14 heavy (non-hydrogen) atoms. The molecule has 1 amide bonds. The van der Waals surface area contributed by atoms with Crippen molar-refractivity contribution < 1.29 is 14.3 Å². The molecule has 0 bridgehead atoms. The SMILES string of the molecule is CCC(=O)N1C[C@H](OC)C[C@H]1COC. The highest BCUT2D eigenvalue weighted by molar-refractivity contribution is 5.76. The van der Waals surface area contributed by atoms with Crippen LogP contribution >= 0.6 is 0 Å². The molecular weight excluding hydrogens is 182 g/mol. The van der Waals surface area contributed by atoms with Gasteiger partial charge in [0.25, 0.3) is 0 Å². The summed E-state index contributed by atoms with van der Waals surface area (Å²) in [6.45, 7) is 3.19. The Morgan fingerprint density at radius 3 is 2.71 bits per heavy atom. The Balaban J connectivity index is 2.57. The van der Waals surface area contributed by atoms with Crippen LogP contribution < -0.4 is 0 Å². The fourth-order valence-electron chi connectivity index (χ4n) is 1.90. The van der Waals surface area contributed by atoms with Gasteiger partial charge in [0.2, 0.25) is 5.91 Å². The average Bonchev–Trinajstić information content (AvgIpc) is 2.61. The summed E-state index contributed by atoms with van der Waals surface area (Å²) in [5.74, 6) is 0.187. The summed E-state index contributed by atoms with van der Waals surface area (Å²) in [6, 6.07) is 0.192. The van der Waals surface area contributed by atoms with Crippen LogP contribution in [0.15, 0.2) is 0 Å². The Bertz CT molecular complexity index is 196. The number of likely N-dealkylation sites (tertiary alicyclic amines) is 1. The lowest BCUT2D eigenvalue weighted by Gasteiger charge is -2.23. The van der Waals surface area contributed by atoms with Gasteiger partial charge in [-0.1, -0.05) is 6.92 Å². The average molecular weight is 201 g/mol. The molecular formula is C10H19NO3. The fourth-order valence-corrected chi connectivity index (χ4v) is 1.90. The highest BCUT2D eigenvalue weighted by Gasteiger charge is 2.34. The van der Waals surface area contributed by atoms with Crippen LogP contribution in [0.1, 0.15) is 19.8 Å². The zero-order chi connectivity index (χ0) is 10.6. The molecule has 2 atom stereocenters. The van der Waals surface area contributed by atoms with E-state index >= 15 is 0 Å². The quantitative estimate of drug-likeness (QED) is 0.670. The number of hydrogen-bond donors (Lipinski definition) is 0. The van der Waals surface area contributed by atoms with Crippen molar-refractivity contribution in [2.75, 3.05) is 27.4 Å². The molecule has 0 radical (unpaired) electrons. The van der Waals surface area contributed by atoms with Crippen LogP contribution in [0.25, 0.3) is 0 Å². The minimum atomic E-state index is 0.172. The smallest absolute Gasteiger partial charge is 0.222 e. The summed E-state index contributed by atoms with van der Waals surface area (Å²) in [7, 11) is 3.35. The number of carbonyl (C=O) groups is 1. The van der Waals surface area contributed by atoms with E-state index in [1.54, 1.807) is 14.2 Å². The van der Waals surface area contributed by atoms with Crippen LogP contribution in [0.3, 0.4) is 0 Å². The van der Waals surface area contributed by atoms with Gasteiger partial charge in [0.15, 0.2) is 0 Å². The summed E-state index contributed by atoms with van der Waals surface area (Å²) >= 11 is 0. The first kappa shape index (κ1) is 11.5. The summed E-state index contributed by atoms with van der Waals surface area (Å²) in [4.78, 5) is 13.4. The normalized spacial score (nSPS) is 26.9. The van der Waals surface area contributed by atoms with Gasteiger partial charge in [0, 0.05) is 27.2 Å². The molecule has 0 N–H and O–H groups in total. The van der Waals surface area contributed by atoms with Crippen molar-refractivity contribution in [2.24, 2.45) is 0 Å². The molecule has 1 aliphatic heterocycles. The molecule has 1 fully saturated rings. The molecule has 0 unspecified atom stereocenters. The summed E-state index contributed by atoms with van der Waals surface area (Å²) in [5, 5.41) is 0. The highest BCUT2D eigenvalue weighted by atomic mass is 16.5. The maximum absolute atomic E-state index is 11.6. The zero-order valence-electron chi connectivity index (χ0n) is 9.16. The second-order valence-electron chi connectivity index (χ2n) is 3.60. The van der Waals surface area contributed by atoms with E-state index in [1.807, 2.05) is 11.8 Å². The van der Waals surface area contributed by atoms with Crippen molar-refractivity contribution in [3.63, 3.8) is 0 Å². The monoisotopic (exact) mass is 201 g/mol. The Morgan fingerprint density at radius 1 is 1.50 bits per heavy atom. The second kappa shape index (κ2) is 5.32. The number of amides is 1. The van der Waals surface area contributed by atoms with Gasteiger partial charge in [0.05, 0.1) is 18.8 Å². The number of rotatable bonds is 4. The fraction of sp³-hybridized carbons (Fsp3) is 0.900. The Kier molecular flexibility index (Phi) is 4.35. The molecule has 1 rings (SSSR count). The predicted molar refractivity (Wildman–Crippen MR) is 53.1 cm³/mol. The highest BCUT2D eigenvalue weighted by Crippen LogP contribution is 2.20.